The Morgan fingerprint density at radius 2 is 2.11 bits per heavy atom. The second-order valence-electron chi connectivity index (χ2n) is 4.75. The van der Waals surface area contributed by atoms with Crippen molar-refractivity contribution < 1.29 is 4.74 Å². The van der Waals surface area contributed by atoms with Gasteiger partial charge in [0, 0.05) is 23.3 Å². The van der Waals surface area contributed by atoms with Crippen LogP contribution >= 0.6 is 11.6 Å². The quantitative estimate of drug-likeness (QED) is 0.897. The SMILES string of the molecule is CCNc1cc(C(C)C)nc2c(OC)ccc(Cl)c12. The molecule has 3 nitrogen and oxygen atoms in total. The predicted octanol–water partition coefficient (Wildman–Crippen LogP) is 4.45. The predicted molar refractivity (Wildman–Crippen MR) is 81.6 cm³/mol. The van der Waals surface area contributed by atoms with Gasteiger partial charge in [-0.05, 0) is 31.0 Å². The zero-order valence-corrected chi connectivity index (χ0v) is 12.5. The Hall–Kier alpha value is -1.48. The third-order valence-corrected chi connectivity index (χ3v) is 3.39. The summed E-state index contributed by atoms with van der Waals surface area (Å²) in [5.41, 5.74) is 2.86. The number of anilines is 1. The Labute approximate surface area is 118 Å². The van der Waals surface area contributed by atoms with Gasteiger partial charge in [-0.15, -0.1) is 0 Å². The van der Waals surface area contributed by atoms with Crippen molar-refractivity contribution in [1.29, 1.82) is 0 Å². The molecule has 1 N–H and O–H groups in total. The lowest BCUT2D eigenvalue weighted by atomic mass is 10.1. The smallest absolute Gasteiger partial charge is 0.145 e. The van der Waals surface area contributed by atoms with E-state index in [4.69, 9.17) is 21.3 Å². The Morgan fingerprint density at radius 1 is 1.37 bits per heavy atom. The number of ether oxygens (including phenoxy) is 1. The van der Waals surface area contributed by atoms with Gasteiger partial charge < -0.3 is 10.1 Å². The molecule has 0 aliphatic carbocycles. The van der Waals surface area contributed by atoms with Crippen molar-refractivity contribution in [1.82, 2.24) is 4.98 Å². The fraction of sp³-hybridized carbons (Fsp3) is 0.400. The van der Waals surface area contributed by atoms with Crippen LogP contribution in [0.4, 0.5) is 5.69 Å². The van der Waals surface area contributed by atoms with Gasteiger partial charge in [0.1, 0.15) is 11.3 Å². The topological polar surface area (TPSA) is 34.2 Å². The van der Waals surface area contributed by atoms with E-state index in [0.29, 0.717) is 10.9 Å². The lowest BCUT2D eigenvalue weighted by Gasteiger charge is -2.15. The van der Waals surface area contributed by atoms with Crippen LogP contribution in [0.15, 0.2) is 18.2 Å². The number of pyridine rings is 1. The van der Waals surface area contributed by atoms with E-state index in [1.165, 1.54) is 0 Å². The molecule has 0 radical (unpaired) electrons. The van der Waals surface area contributed by atoms with Crippen molar-refractivity contribution in [2.24, 2.45) is 0 Å². The summed E-state index contributed by atoms with van der Waals surface area (Å²) in [6.07, 6.45) is 0. The van der Waals surface area contributed by atoms with Crippen LogP contribution in [0.2, 0.25) is 5.02 Å². The Kier molecular flexibility index (Phi) is 4.15. The number of nitrogens with zero attached hydrogens (tertiary/aromatic N) is 1. The van der Waals surface area contributed by atoms with Crippen LogP contribution < -0.4 is 10.1 Å². The first-order valence-corrected chi connectivity index (χ1v) is 6.87. The van der Waals surface area contributed by atoms with Crippen molar-refractivity contribution in [2.45, 2.75) is 26.7 Å². The highest BCUT2D eigenvalue weighted by Gasteiger charge is 2.14. The van der Waals surface area contributed by atoms with E-state index in [2.05, 4.69) is 32.2 Å². The molecule has 0 saturated heterocycles. The first-order chi connectivity index (χ1) is 9.08. The average Bonchev–Trinajstić information content (AvgIpc) is 2.39. The lowest BCUT2D eigenvalue weighted by Crippen LogP contribution is -2.03. The molecule has 0 saturated carbocycles. The van der Waals surface area contributed by atoms with Crippen LogP contribution in [0.1, 0.15) is 32.4 Å². The molecule has 19 heavy (non-hydrogen) atoms. The van der Waals surface area contributed by atoms with Crippen LogP contribution in [0.25, 0.3) is 10.9 Å². The molecule has 1 aromatic carbocycles. The first kappa shape index (κ1) is 13.9. The van der Waals surface area contributed by atoms with Crippen molar-refractivity contribution in [3.8, 4) is 5.75 Å². The summed E-state index contributed by atoms with van der Waals surface area (Å²) < 4.78 is 5.40. The highest BCUT2D eigenvalue weighted by Crippen LogP contribution is 2.36. The standard InChI is InChI=1S/C15H19ClN2O/c1-5-17-12-8-11(9(2)3)18-15-13(19-4)7-6-10(16)14(12)15/h6-9H,5H2,1-4H3,(H,17,18). The van der Waals surface area contributed by atoms with E-state index >= 15 is 0 Å². The lowest BCUT2D eigenvalue weighted by molar-refractivity contribution is 0.419. The van der Waals surface area contributed by atoms with Gasteiger partial charge in [0.2, 0.25) is 0 Å². The average molecular weight is 279 g/mol. The van der Waals surface area contributed by atoms with Crippen LogP contribution in [0.3, 0.4) is 0 Å². The molecule has 0 unspecified atom stereocenters. The normalized spacial score (nSPS) is 11.1. The van der Waals surface area contributed by atoms with E-state index in [1.54, 1.807) is 7.11 Å². The number of fused-ring (bicyclic) bond motifs is 1. The number of rotatable bonds is 4. The second kappa shape index (κ2) is 5.66. The van der Waals surface area contributed by atoms with Gasteiger partial charge >= 0.3 is 0 Å². The number of nitrogens with one attached hydrogen (secondary N) is 1. The van der Waals surface area contributed by atoms with Crippen LogP contribution in [-0.2, 0) is 0 Å². The zero-order chi connectivity index (χ0) is 14.0. The minimum atomic E-state index is 0.352. The van der Waals surface area contributed by atoms with Gasteiger partial charge in [-0.1, -0.05) is 25.4 Å². The maximum absolute atomic E-state index is 6.32. The molecule has 0 bridgehead atoms. The molecule has 0 amide bonds. The number of hydrogen-bond donors (Lipinski definition) is 1. The summed E-state index contributed by atoms with van der Waals surface area (Å²) in [7, 11) is 1.65. The summed E-state index contributed by atoms with van der Waals surface area (Å²) in [6.45, 7) is 7.15. The van der Waals surface area contributed by atoms with Crippen molar-refractivity contribution in [3.63, 3.8) is 0 Å². The molecule has 0 spiro atoms. The van der Waals surface area contributed by atoms with Gasteiger partial charge in [-0.25, -0.2) is 4.98 Å². The van der Waals surface area contributed by atoms with Gasteiger partial charge in [0.25, 0.3) is 0 Å². The van der Waals surface area contributed by atoms with Crippen LogP contribution in [0, 0.1) is 0 Å². The van der Waals surface area contributed by atoms with E-state index in [9.17, 15) is 0 Å². The zero-order valence-electron chi connectivity index (χ0n) is 11.7. The fourth-order valence-electron chi connectivity index (χ4n) is 2.09. The minimum absolute atomic E-state index is 0.352. The van der Waals surface area contributed by atoms with E-state index in [1.807, 2.05) is 12.1 Å². The number of hydrogen-bond acceptors (Lipinski definition) is 3. The molecule has 102 valence electrons. The van der Waals surface area contributed by atoms with Gasteiger partial charge in [-0.3, -0.25) is 0 Å². The third kappa shape index (κ3) is 2.61. The highest BCUT2D eigenvalue weighted by atomic mass is 35.5. The Balaban J connectivity index is 2.81. The molecule has 0 aliphatic rings. The molecule has 0 atom stereocenters. The molecular formula is C15H19ClN2O. The maximum atomic E-state index is 6.32. The number of halogens is 1. The van der Waals surface area contributed by atoms with Gasteiger partial charge in [0.15, 0.2) is 0 Å². The van der Waals surface area contributed by atoms with Crippen LogP contribution in [-0.4, -0.2) is 18.6 Å². The number of methoxy groups -OCH3 is 1. The van der Waals surface area contributed by atoms with E-state index in [0.717, 1.165) is 34.6 Å². The maximum Gasteiger partial charge on any atom is 0.145 e. The molecule has 1 heterocycles. The molecule has 0 aliphatic heterocycles. The molecular weight excluding hydrogens is 260 g/mol. The Bertz CT molecular complexity index is 596. The summed E-state index contributed by atoms with van der Waals surface area (Å²) in [5, 5.41) is 4.97. The number of benzene rings is 1. The summed E-state index contributed by atoms with van der Waals surface area (Å²) in [5.74, 6) is 1.10. The van der Waals surface area contributed by atoms with Gasteiger partial charge in [0.05, 0.1) is 12.1 Å². The summed E-state index contributed by atoms with van der Waals surface area (Å²) in [6, 6.07) is 5.78. The summed E-state index contributed by atoms with van der Waals surface area (Å²) in [4.78, 5) is 4.70. The first-order valence-electron chi connectivity index (χ1n) is 6.49. The highest BCUT2D eigenvalue weighted by molar-refractivity contribution is 6.36. The molecule has 1 aromatic heterocycles. The second-order valence-corrected chi connectivity index (χ2v) is 5.16. The van der Waals surface area contributed by atoms with Crippen LogP contribution in [0.5, 0.6) is 5.75 Å². The molecule has 2 aromatic rings. The van der Waals surface area contributed by atoms with Gasteiger partial charge in [-0.2, -0.15) is 0 Å². The molecule has 4 heteroatoms. The Morgan fingerprint density at radius 3 is 2.68 bits per heavy atom. The molecule has 0 fully saturated rings. The molecule has 2 rings (SSSR count). The largest absolute Gasteiger partial charge is 0.494 e. The fourth-order valence-corrected chi connectivity index (χ4v) is 2.34. The van der Waals surface area contributed by atoms with E-state index < -0.39 is 0 Å². The third-order valence-electron chi connectivity index (χ3n) is 3.07. The van der Waals surface area contributed by atoms with Crippen molar-refractivity contribution >= 4 is 28.2 Å². The minimum Gasteiger partial charge on any atom is -0.494 e. The van der Waals surface area contributed by atoms with Crippen molar-refractivity contribution in [3.05, 3.63) is 28.9 Å². The van der Waals surface area contributed by atoms with E-state index in [-0.39, 0.29) is 0 Å². The summed E-state index contributed by atoms with van der Waals surface area (Å²) >= 11 is 6.32. The number of aromatic nitrogens is 1. The van der Waals surface area contributed by atoms with Crippen molar-refractivity contribution in [2.75, 3.05) is 19.0 Å². The monoisotopic (exact) mass is 278 g/mol.